The van der Waals surface area contributed by atoms with Crippen molar-refractivity contribution in [1.29, 1.82) is 0 Å². The minimum absolute atomic E-state index is 0.0655. The van der Waals surface area contributed by atoms with E-state index >= 15 is 0 Å². The first-order chi connectivity index (χ1) is 9.74. The molecule has 0 bridgehead atoms. The number of aromatic amines is 1. The third-order valence-electron chi connectivity index (χ3n) is 3.24. The van der Waals surface area contributed by atoms with Gasteiger partial charge >= 0.3 is 0 Å². The van der Waals surface area contributed by atoms with Crippen molar-refractivity contribution >= 4 is 28.6 Å². The topological polar surface area (TPSA) is 54.1 Å². The van der Waals surface area contributed by atoms with E-state index in [1.807, 2.05) is 30.3 Å². The fourth-order valence-corrected chi connectivity index (χ4v) is 2.55. The van der Waals surface area contributed by atoms with E-state index in [1.54, 1.807) is 18.9 Å². The number of rotatable bonds is 7. The van der Waals surface area contributed by atoms with Gasteiger partial charge < -0.3 is 15.0 Å². The lowest BCUT2D eigenvalue weighted by molar-refractivity contribution is 0.0816. The van der Waals surface area contributed by atoms with Crippen LogP contribution < -0.4 is 5.32 Å². The van der Waals surface area contributed by atoms with E-state index < -0.39 is 0 Å². The highest BCUT2D eigenvalue weighted by molar-refractivity contribution is 7.98. The van der Waals surface area contributed by atoms with Gasteiger partial charge in [0.05, 0.1) is 6.10 Å². The van der Waals surface area contributed by atoms with Crippen LogP contribution in [0.2, 0.25) is 0 Å². The number of hydrogen-bond donors (Lipinski definition) is 2. The molecule has 108 valence electrons. The van der Waals surface area contributed by atoms with Gasteiger partial charge in [-0.15, -0.1) is 0 Å². The zero-order valence-corrected chi connectivity index (χ0v) is 12.6. The van der Waals surface area contributed by atoms with Crippen molar-refractivity contribution in [2.45, 2.75) is 12.5 Å². The molecule has 4 nitrogen and oxygen atoms in total. The number of methoxy groups -OCH3 is 1. The third kappa shape index (κ3) is 3.77. The molecule has 1 atom stereocenters. The molecule has 0 radical (unpaired) electrons. The smallest absolute Gasteiger partial charge is 0.267 e. The molecule has 2 rings (SSSR count). The molecule has 1 unspecified atom stereocenters. The van der Waals surface area contributed by atoms with Gasteiger partial charge in [0.2, 0.25) is 0 Å². The van der Waals surface area contributed by atoms with Crippen LogP contribution in [-0.2, 0) is 4.74 Å². The second kappa shape index (κ2) is 7.36. The van der Waals surface area contributed by atoms with Crippen LogP contribution in [0.5, 0.6) is 0 Å². The number of ether oxygens (including phenoxy) is 1. The summed E-state index contributed by atoms with van der Waals surface area (Å²) in [6.45, 7) is 0.533. The Kier molecular flexibility index (Phi) is 5.49. The molecule has 5 heteroatoms. The van der Waals surface area contributed by atoms with Gasteiger partial charge in [-0.3, -0.25) is 4.79 Å². The summed E-state index contributed by atoms with van der Waals surface area (Å²) in [6.07, 6.45) is 3.07. The van der Waals surface area contributed by atoms with E-state index in [-0.39, 0.29) is 12.0 Å². The van der Waals surface area contributed by atoms with Gasteiger partial charge in [-0.2, -0.15) is 11.8 Å². The van der Waals surface area contributed by atoms with Crippen LogP contribution in [0.1, 0.15) is 16.9 Å². The van der Waals surface area contributed by atoms with Gasteiger partial charge in [0, 0.05) is 24.6 Å². The Morgan fingerprint density at radius 1 is 1.45 bits per heavy atom. The minimum atomic E-state index is -0.0904. The highest BCUT2D eigenvalue weighted by Crippen LogP contribution is 2.14. The molecule has 0 fully saturated rings. The van der Waals surface area contributed by atoms with Crippen LogP contribution >= 0.6 is 11.8 Å². The van der Waals surface area contributed by atoms with Crippen molar-refractivity contribution in [2.24, 2.45) is 0 Å². The van der Waals surface area contributed by atoms with Crippen molar-refractivity contribution in [1.82, 2.24) is 10.3 Å². The summed E-state index contributed by atoms with van der Waals surface area (Å²) in [5, 5.41) is 3.96. The molecule has 0 saturated heterocycles. The fraction of sp³-hybridized carbons (Fsp3) is 0.400. The standard InChI is InChI=1S/C15H20N2O2S/c1-19-12(7-8-20-2)10-16-15(18)14-9-11-5-3-4-6-13(11)17-14/h3-6,9,12,17H,7-8,10H2,1-2H3,(H,16,18). The number of nitrogens with one attached hydrogen (secondary N) is 2. The molecular weight excluding hydrogens is 272 g/mol. The molecular formula is C15H20N2O2S. The Morgan fingerprint density at radius 2 is 2.25 bits per heavy atom. The number of para-hydroxylation sites is 1. The van der Waals surface area contributed by atoms with Crippen molar-refractivity contribution in [3.05, 3.63) is 36.0 Å². The molecule has 20 heavy (non-hydrogen) atoms. The van der Waals surface area contributed by atoms with Crippen molar-refractivity contribution in [3.8, 4) is 0 Å². The number of aromatic nitrogens is 1. The molecule has 1 amide bonds. The maximum Gasteiger partial charge on any atom is 0.267 e. The van der Waals surface area contributed by atoms with E-state index in [1.165, 1.54) is 0 Å². The molecule has 0 aliphatic rings. The number of benzene rings is 1. The molecule has 0 spiro atoms. The lowest BCUT2D eigenvalue weighted by atomic mass is 10.2. The molecule has 1 aromatic heterocycles. The first-order valence-corrected chi connectivity index (χ1v) is 8.01. The Hall–Kier alpha value is -1.46. The lowest BCUT2D eigenvalue weighted by Crippen LogP contribution is -2.33. The number of fused-ring (bicyclic) bond motifs is 1. The average molecular weight is 292 g/mol. The molecule has 0 saturated carbocycles. The molecule has 1 heterocycles. The van der Waals surface area contributed by atoms with E-state index in [2.05, 4.69) is 16.6 Å². The zero-order valence-electron chi connectivity index (χ0n) is 11.8. The summed E-state index contributed by atoms with van der Waals surface area (Å²) < 4.78 is 5.36. The third-order valence-corrected chi connectivity index (χ3v) is 3.89. The SMILES string of the molecule is COC(CCSC)CNC(=O)c1cc2ccccc2[nH]1. The second-order valence-corrected chi connectivity index (χ2v) is 5.61. The highest BCUT2D eigenvalue weighted by atomic mass is 32.2. The Bertz CT molecular complexity index is 535. The van der Waals surface area contributed by atoms with Crippen LogP contribution in [0.4, 0.5) is 0 Å². The Morgan fingerprint density at radius 3 is 2.95 bits per heavy atom. The number of carbonyl (C=O) groups is 1. The van der Waals surface area contributed by atoms with Gasteiger partial charge in [-0.1, -0.05) is 18.2 Å². The zero-order chi connectivity index (χ0) is 14.4. The van der Waals surface area contributed by atoms with Gasteiger partial charge in [0.1, 0.15) is 5.69 Å². The summed E-state index contributed by atoms with van der Waals surface area (Å²) in [5.74, 6) is 0.938. The summed E-state index contributed by atoms with van der Waals surface area (Å²) in [4.78, 5) is 15.2. The highest BCUT2D eigenvalue weighted by Gasteiger charge is 2.12. The van der Waals surface area contributed by atoms with Gasteiger partial charge in [-0.05, 0) is 30.6 Å². The summed E-state index contributed by atoms with van der Waals surface area (Å²) in [6, 6.07) is 9.72. The van der Waals surface area contributed by atoms with Gasteiger partial charge in [-0.25, -0.2) is 0 Å². The van der Waals surface area contributed by atoms with Crippen LogP contribution in [0.25, 0.3) is 10.9 Å². The number of carbonyl (C=O) groups excluding carboxylic acids is 1. The van der Waals surface area contributed by atoms with E-state index in [4.69, 9.17) is 4.74 Å². The monoisotopic (exact) mass is 292 g/mol. The number of thioether (sulfide) groups is 1. The van der Waals surface area contributed by atoms with Crippen LogP contribution in [0.3, 0.4) is 0 Å². The first-order valence-electron chi connectivity index (χ1n) is 6.62. The van der Waals surface area contributed by atoms with E-state index in [0.29, 0.717) is 12.2 Å². The molecule has 2 N–H and O–H groups in total. The lowest BCUT2D eigenvalue weighted by Gasteiger charge is -2.15. The maximum absolute atomic E-state index is 12.1. The predicted octanol–water partition coefficient (Wildman–Crippen LogP) is 2.67. The van der Waals surface area contributed by atoms with Crippen LogP contribution in [0.15, 0.2) is 30.3 Å². The Balaban J connectivity index is 1.94. The molecule has 0 aliphatic carbocycles. The Labute approximate surface area is 123 Å². The predicted molar refractivity (Wildman–Crippen MR) is 84.4 cm³/mol. The maximum atomic E-state index is 12.1. The van der Waals surface area contributed by atoms with Crippen molar-refractivity contribution < 1.29 is 9.53 Å². The minimum Gasteiger partial charge on any atom is -0.380 e. The van der Waals surface area contributed by atoms with Crippen LogP contribution in [-0.4, -0.2) is 42.7 Å². The van der Waals surface area contributed by atoms with Crippen molar-refractivity contribution in [3.63, 3.8) is 0 Å². The van der Waals surface area contributed by atoms with Gasteiger partial charge in [0.15, 0.2) is 0 Å². The first kappa shape index (κ1) is 14.9. The summed E-state index contributed by atoms with van der Waals surface area (Å²) >= 11 is 1.78. The summed E-state index contributed by atoms with van der Waals surface area (Å²) in [5.41, 5.74) is 1.56. The average Bonchev–Trinajstić information content (AvgIpc) is 2.91. The van der Waals surface area contributed by atoms with Gasteiger partial charge in [0.25, 0.3) is 5.91 Å². The fourth-order valence-electron chi connectivity index (χ4n) is 2.05. The van der Waals surface area contributed by atoms with E-state index in [0.717, 1.165) is 23.1 Å². The molecule has 0 aliphatic heterocycles. The molecule has 2 aromatic rings. The van der Waals surface area contributed by atoms with Crippen LogP contribution in [0, 0.1) is 0 Å². The van der Waals surface area contributed by atoms with E-state index in [9.17, 15) is 4.79 Å². The number of H-pyrrole nitrogens is 1. The molecule has 1 aromatic carbocycles. The quantitative estimate of drug-likeness (QED) is 0.825. The number of hydrogen-bond acceptors (Lipinski definition) is 3. The normalized spacial score (nSPS) is 12.5. The number of amides is 1. The largest absolute Gasteiger partial charge is 0.380 e. The second-order valence-electron chi connectivity index (χ2n) is 4.62. The van der Waals surface area contributed by atoms with Crippen molar-refractivity contribution in [2.75, 3.05) is 25.7 Å². The summed E-state index contributed by atoms with van der Waals surface area (Å²) in [7, 11) is 1.68.